The number of nitrogens with one attached hydrogen (secondary N) is 1. The van der Waals surface area contributed by atoms with E-state index in [-0.39, 0.29) is 23.6 Å². The molecule has 1 aliphatic rings. The van der Waals surface area contributed by atoms with Gasteiger partial charge in [-0.25, -0.2) is 8.42 Å². The molecule has 1 aromatic heterocycles. The van der Waals surface area contributed by atoms with Crippen molar-refractivity contribution in [2.75, 3.05) is 18.1 Å². The Labute approximate surface area is 108 Å². The molecule has 0 bridgehead atoms. The van der Waals surface area contributed by atoms with E-state index in [1.807, 2.05) is 17.1 Å². The average Bonchev–Trinajstić information content (AvgIpc) is 2.92. The summed E-state index contributed by atoms with van der Waals surface area (Å²) in [5.74, 6) is 0.515. The molecule has 2 atom stereocenters. The number of sulfone groups is 1. The molecule has 1 N–H and O–H groups in total. The van der Waals surface area contributed by atoms with Gasteiger partial charge < -0.3 is 5.32 Å². The Morgan fingerprint density at radius 2 is 2.39 bits per heavy atom. The molecule has 0 amide bonds. The Hall–Kier alpha value is -0.880. The lowest BCUT2D eigenvalue weighted by atomic mass is 10.2. The molecule has 1 saturated heterocycles. The van der Waals surface area contributed by atoms with Gasteiger partial charge in [-0.1, -0.05) is 6.92 Å². The van der Waals surface area contributed by atoms with Crippen molar-refractivity contribution >= 4 is 9.84 Å². The summed E-state index contributed by atoms with van der Waals surface area (Å²) >= 11 is 0. The third kappa shape index (κ3) is 3.11. The molecule has 0 spiro atoms. The highest BCUT2D eigenvalue weighted by Gasteiger charge is 2.29. The summed E-state index contributed by atoms with van der Waals surface area (Å²) in [6.07, 6.45) is 5.58. The molecule has 2 heterocycles. The summed E-state index contributed by atoms with van der Waals surface area (Å²) in [5, 5.41) is 7.70. The van der Waals surface area contributed by atoms with E-state index in [4.69, 9.17) is 0 Å². The zero-order valence-corrected chi connectivity index (χ0v) is 11.8. The van der Waals surface area contributed by atoms with Gasteiger partial charge in [-0.3, -0.25) is 4.68 Å². The van der Waals surface area contributed by atoms with Crippen LogP contribution in [0.25, 0.3) is 0 Å². The zero-order chi connectivity index (χ0) is 13.2. The maximum Gasteiger partial charge on any atom is 0.152 e. The molecule has 6 heteroatoms. The van der Waals surface area contributed by atoms with Crippen molar-refractivity contribution in [2.45, 2.75) is 38.8 Å². The van der Waals surface area contributed by atoms with Crippen molar-refractivity contribution in [3.8, 4) is 0 Å². The second kappa shape index (κ2) is 5.40. The van der Waals surface area contributed by atoms with Crippen molar-refractivity contribution in [1.82, 2.24) is 15.1 Å². The minimum absolute atomic E-state index is 0.0159. The minimum Gasteiger partial charge on any atom is -0.310 e. The molecule has 2 unspecified atom stereocenters. The van der Waals surface area contributed by atoms with Crippen LogP contribution in [0.5, 0.6) is 0 Å². The van der Waals surface area contributed by atoms with E-state index >= 15 is 0 Å². The summed E-state index contributed by atoms with van der Waals surface area (Å²) < 4.78 is 24.7. The zero-order valence-electron chi connectivity index (χ0n) is 11.0. The SMILES string of the molecule is CCCNC(C)c1cnn(C2CCS(=O)(=O)C2)c1. The second-order valence-corrected chi connectivity index (χ2v) is 7.22. The van der Waals surface area contributed by atoms with E-state index in [2.05, 4.69) is 24.3 Å². The first kappa shape index (κ1) is 13.5. The van der Waals surface area contributed by atoms with Gasteiger partial charge in [0.2, 0.25) is 0 Å². The minimum atomic E-state index is -2.85. The molecule has 0 radical (unpaired) electrons. The molecule has 18 heavy (non-hydrogen) atoms. The standard InChI is InChI=1S/C12H21N3O2S/c1-3-5-13-10(2)11-7-14-15(8-11)12-4-6-18(16,17)9-12/h7-8,10,12-13H,3-6,9H2,1-2H3. The van der Waals surface area contributed by atoms with Crippen LogP contribution in [-0.4, -0.2) is 36.2 Å². The first-order valence-corrected chi connectivity index (χ1v) is 8.32. The lowest BCUT2D eigenvalue weighted by Crippen LogP contribution is -2.19. The summed E-state index contributed by atoms with van der Waals surface area (Å²) in [6, 6.07) is 0.277. The van der Waals surface area contributed by atoms with E-state index in [0.717, 1.165) is 18.5 Å². The largest absolute Gasteiger partial charge is 0.310 e. The van der Waals surface area contributed by atoms with E-state index in [1.54, 1.807) is 0 Å². The number of hydrogen-bond donors (Lipinski definition) is 1. The number of rotatable bonds is 5. The lowest BCUT2D eigenvalue weighted by Gasteiger charge is -2.11. The second-order valence-electron chi connectivity index (χ2n) is 4.99. The molecule has 2 rings (SSSR count). The van der Waals surface area contributed by atoms with Crippen molar-refractivity contribution in [1.29, 1.82) is 0 Å². The Morgan fingerprint density at radius 1 is 1.61 bits per heavy atom. The summed E-state index contributed by atoms with van der Waals surface area (Å²) in [6.45, 7) is 5.21. The fraction of sp³-hybridized carbons (Fsp3) is 0.750. The maximum atomic E-state index is 11.4. The van der Waals surface area contributed by atoms with E-state index in [1.165, 1.54) is 0 Å². The van der Waals surface area contributed by atoms with Crippen molar-refractivity contribution in [3.63, 3.8) is 0 Å². The lowest BCUT2D eigenvalue weighted by molar-refractivity contribution is 0.497. The van der Waals surface area contributed by atoms with Crippen LogP contribution in [0.3, 0.4) is 0 Å². The van der Waals surface area contributed by atoms with Gasteiger partial charge in [-0.15, -0.1) is 0 Å². The monoisotopic (exact) mass is 271 g/mol. The first-order chi connectivity index (χ1) is 8.52. The summed E-state index contributed by atoms with van der Waals surface area (Å²) in [4.78, 5) is 0. The Morgan fingerprint density at radius 3 is 3.00 bits per heavy atom. The fourth-order valence-electron chi connectivity index (χ4n) is 2.24. The summed E-state index contributed by atoms with van der Waals surface area (Å²) in [5.41, 5.74) is 1.12. The van der Waals surface area contributed by atoms with Crippen LogP contribution < -0.4 is 5.32 Å². The van der Waals surface area contributed by atoms with E-state index in [9.17, 15) is 8.42 Å². The van der Waals surface area contributed by atoms with Gasteiger partial charge in [0.25, 0.3) is 0 Å². The van der Waals surface area contributed by atoms with E-state index in [0.29, 0.717) is 6.42 Å². The van der Waals surface area contributed by atoms with Gasteiger partial charge in [0.05, 0.1) is 23.7 Å². The van der Waals surface area contributed by atoms with Crippen LogP contribution in [0.1, 0.15) is 44.3 Å². The van der Waals surface area contributed by atoms with Gasteiger partial charge in [-0.05, 0) is 26.3 Å². The molecule has 0 saturated carbocycles. The van der Waals surface area contributed by atoms with Gasteiger partial charge in [-0.2, -0.15) is 5.10 Å². The third-order valence-electron chi connectivity index (χ3n) is 3.40. The molecular formula is C12H21N3O2S. The Kier molecular flexibility index (Phi) is 4.07. The highest BCUT2D eigenvalue weighted by Crippen LogP contribution is 2.24. The van der Waals surface area contributed by atoms with Crippen LogP contribution in [0.4, 0.5) is 0 Å². The third-order valence-corrected chi connectivity index (χ3v) is 5.15. The molecule has 1 aromatic rings. The van der Waals surface area contributed by atoms with Crippen LogP contribution in [-0.2, 0) is 9.84 Å². The van der Waals surface area contributed by atoms with Gasteiger partial charge in [0.15, 0.2) is 9.84 Å². The van der Waals surface area contributed by atoms with Gasteiger partial charge >= 0.3 is 0 Å². The highest BCUT2D eigenvalue weighted by atomic mass is 32.2. The topological polar surface area (TPSA) is 64.0 Å². The van der Waals surface area contributed by atoms with Crippen molar-refractivity contribution < 1.29 is 8.42 Å². The quantitative estimate of drug-likeness (QED) is 0.877. The molecule has 1 fully saturated rings. The van der Waals surface area contributed by atoms with Gasteiger partial charge in [0, 0.05) is 17.8 Å². The average molecular weight is 271 g/mol. The highest BCUT2D eigenvalue weighted by molar-refractivity contribution is 7.91. The first-order valence-electron chi connectivity index (χ1n) is 6.49. The number of hydrogen-bond acceptors (Lipinski definition) is 4. The summed E-state index contributed by atoms with van der Waals surface area (Å²) in [7, 11) is -2.85. The van der Waals surface area contributed by atoms with Crippen molar-refractivity contribution in [2.24, 2.45) is 0 Å². The predicted octanol–water partition coefficient (Wildman–Crippen LogP) is 1.30. The van der Waals surface area contributed by atoms with Crippen LogP contribution in [0.2, 0.25) is 0 Å². The number of nitrogens with zero attached hydrogens (tertiary/aromatic N) is 2. The normalized spacial score (nSPS) is 24.2. The molecule has 5 nitrogen and oxygen atoms in total. The number of aromatic nitrogens is 2. The Balaban J connectivity index is 2.02. The predicted molar refractivity (Wildman–Crippen MR) is 71.2 cm³/mol. The maximum absolute atomic E-state index is 11.4. The van der Waals surface area contributed by atoms with Crippen LogP contribution >= 0.6 is 0 Å². The molecule has 1 aliphatic heterocycles. The molecule has 0 aromatic carbocycles. The smallest absolute Gasteiger partial charge is 0.152 e. The van der Waals surface area contributed by atoms with Crippen LogP contribution in [0.15, 0.2) is 12.4 Å². The Bertz CT molecular complexity index is 495. The van der Waals surface area contributed by atoms with Crippen LogP contribution in [0, 0.1) is 0 Å². The van der Waals surface area contributed by atoms with Gasteiger partial charge in [0.1, 0.15) is 0 Å². The molecule has 102 valence electrons. The molecular weight excluding hydrogens is 250 g/mol. The van der Waals surface area contributed by atoms with E-state index < -0.39 is 9.84 Å². The van der Waals surface area contributed by atoms with Crippen molar-refractivity contribution in [3.05, 3.63) is 18.0 Å². The molecule has 0 aliphatic carbocycles. The fourth-order valence-corrected chi connectivity index (χ4v) is 3.94.